The molecule has 0 radical (unpaired) electrons. The molecule has 0 bridgehead atoms. The van der Waals surface area contributed by atoms with Gasteiger partial charge in [-0.3, -0.25) is 0 Å². The van der Waals surface area contributed by atoms with Crippen LogP contribution in [0.25, 0.3) is 20.8 Å². The summed E-state index contributed by atoms with van der Waals surface area (Å²) in [7, 11) is -1.49. The number of hydrogen-bond donors (Lipinski definition) is 3. The molecule has 3 N–H and O–H groups in total. The quantitative estimate of drug-likeness (QED) is 0.587. The van der Waals surface area contributed by atoms with E-state index in [1.54, 1.807) is 42.5 Å². The first-order chi connectivity index (χ1) is 11.6. The summed E-state index contributed by atoms with van der Waals surface area (Å²) in [5.74, 6) is 0.545. The Hall–Kier alpha value is -2.00. The van der Waals surface area contributed by atoms with Crippen molar-refractivity contribution in [1.82, 2.24) is 4.98 Å². The van der Waals surface area contributed by atoms with Crippen LogP contribution in [0.3, 0.4) is 0 Å². The maximum atomic E-state index is 12.2. The fourth-order valence-corrected chi connectivity index (χ4v) is 3.15. The van der Waals surface area contributed by atoms with Crippen molar-refractivity contribution in [3.05, 3.63) is 42.5 Å². The lowest BCUT2D eigenvalue weighted by atomic mass is 9.80. The number of aliphatic hydroxyl groups excluding tert-OH is 1. The molecular formula is C16H15BFNO4S. The highest BCUT2D eigenvalue weighted by Crippen LogP contribution is 2.32. The van der Waals surface area contributed by atoms with Gasteiger partial charge >= 0.3 is 7.12 Å². The van der Waals surface area contributed by atoms with Crippen LogP contribution in [-0.2, 0) is 0 Å². The second-order valence-electron chi connectivity index (χ2n) is 5.26. The van der Waals surface area contributed by atoms with Gasteiger partial charge in [-0.25, -0.2) is 9.37 Å². The first-order valence-electron chi connectivity index (χ1n) is 7.30. The van der Waals surface area contributed by atoms with Crippen LogP contribution in [-0.4, -0.2) is 46.6 Å². The number of aromatic nitrogens is 1. The summed E-state index contributed by atoms with van der Waals surface area (Å²) >= 11 is 1.47. The monoisotopic (exact) mass is 347 g/mol. The average Bonchev–Trinajstić information content (AvgIpc) is 3.03. The minimum Gasteiger partial charge on any atom is -0.491 e. The van der Waals surface area contributed by atoms with Crippen molar-refractivity contribution in [1.29, 1.82) is 0 Å². The van der Waals surface area contributed by atoms with Gasteiger partial charge in [0.1, 0.15) is 30.1 Å². The van der Waals surface area contributed by atoms with E-state index in [1.807, 2.05) is 0 Å². The number of thiazole rings is 1. The van der Waals surface area contributed by atoms with Crippen LogP contribution in [0, 0.1) is 0 Å². The normalized spacial score (nSPS) is 12.3. The SMILES string of the molecule is OB(O)c1ccc(-c2nc3ccc(OCC(O)CF)cc3s2)cc1. The van der Waals surface area contributed by atoms with E-state index in [1.165, 1.54) is 11.3 Å². The zero-order valence-corrected chi connectivity index (χ0v) is 13.4. The highest BCUT2D eigenvalue weighted by Gasteiger charge is 2.12. The third-order valence-corrected chi connectivity index (χ3v) is 4.50. The molecule has 8 heteroatoms. The second kappa shape index (κ2) is 7.27. The molecule has 0 aliphatic rings. The van der Waals surface area contributed by atoms with E-state index in [-0.39, 0.29) is 6.61 Å². The van der Waals surface area contributed by atoms with Gasteiger partial charge in [0, 0.05) is 5.56 Å². The molecule has 0 aliphatic carbocycles. The van der Waals surface area contributed by atoms with Crippen molar-refractivity contribution in [2.75, 3.05) is 13.3 Å². The lowest BCUT2D eigenvalue weighted by Gasteiger charge is -2.08. The number of benzene rings is 2. The molecule has 2 aromatic carbocycles. The van der Waals surface area contributed by atoms with Crippen LogP contribution in [0.4, 0.5) is 4.39 Å². The van der Waals surface area contributed by atoms with Crippen LogP contribution in [0.5, 0.6) is 5.75 Å². The molecule has 5 nitrogen and oxygen atoms in total. The number of rotatable bonds is 6. The fourth-order valence-electron chi connectivity index (χ4n) is 2.15. The Balaban J connectivity index is 1.83. The summed E-state index contributed by atoms with van der Waals surface area (Å²) in [6, 6.07) is 12.2. The molecule has 124 valence electrons. The Bertz CT molecular complexity index is 825. The molecule has 1 unspecified atom stereocenters. The van der Waals surface area contributed by atoms with E-state index >= 15 is 0 Å². The van der Waals surface area contributed by atoms with Gasteiger partial charge in [-0.05, 0) is 23.7 Å². The number of aliphatic hydroxyl groups is 1. The third kappa shape index (κ3) is 3.73. The summed E-state index contributed by atoms with van der Waals surface area (Å²) < 4.78 is 18.5. The van der Waals surface area contributed by atoms with Gasteiger partial charge in [0.2, 0.25) is 0 Å². The topological polar surface area (TPSA) is 82.8 Å². The van der Waals surface area contributed by atoms with Crippen molar-refractivity contribution in [3.8, 4) is 16.3 Å². The standard InChI is InChI=1S/C16H15BFNO4S/c18-8-12(20)9-23-13-5-6-14-15(7-13)24-16(19-14)10-1-3-11(4-2-10)17(21)22/h1-7,12,20-22H,8-9H2. The molecule has 0 spiro atoms. The molecule has 3 rings (SSSR count). The first kappa shape index (κ1) is 16.8. The summed E-state index contributed by atoms with van der Waals surface area (Å²) in [5.41, 5.74) is 2.09. The predicted molar refractivity (Wildman–Crippen MR) is 92.4 cm³/mol. The van der Waals surface area contributed by atoms with E-state index in [0.717, 1.165) is 20.8 Å². The van der Waals surface area contributed by atoms with E-state index in [0.29, 0.717) is 11.2 Å². The summed E-state index contributed by atoms with van der Waals surface area (Å²) in [5, 5.41) is 28.2. The smallest absolute Gasteiger partial charge is 0.488 e. The number of alkyl halides is 1. The van der Waals surface area contributed by atoms with Gasteiger partial charge in [0.25, 0.3) is 0 Å². The van der Waals surface area contributed by atoms with Crippen molar-refractivity contribution in [3.63, 3.8) is 0 Å². The molecule has 1 atom stereocenters. The maximum absolute atomic E-state index is 12.2. The predicted octanol–water partition coefficient (Wildman–Crippen LogP) is 1.35. The molecule has 0 saturated carbocycles. The lowest BCUT2D eigenvalue weighted by molar-refractivity contribution is 0.0842. The van der Waals surface area contributed by atoms with Crippen LogP contribution in [0.1, 0.15) is 0 Å². The van der Waals surface area contributed by atoms with Gasteiger partial charge in [-0.2, -0.15) is 0 Å². The number of ether oxygens (including phenoxy) is 1. The molecule has 3 aromatic rings. The van der Waals surface area contributed by atoms with Gasteiger partial charge in [-0.15, -0.1) is 11.3 Å². The highest BCUT2D eigenvalue weighted by molar-refractivity contribution is 7.21. The Morgan fingerprint density at radius 2 is 1.92 bits per heavy atom. The summed E-state index contributed by atoms with van der Waals surface area (Å²) in [4.78, 5) is 4.54. The number of nitrogens with zero attached hydrogens (tertiary/aromatic N) is 1. The highest BCUT2D eigenvalue weighted by atomic mass is 32.1. The van der Waals surface area contributed by atoms with Crippen LogP contribution in [0.15, 0.2) is 42.5 Å². The van der Waals surface area contributed by atoms with Gasteiger partial charge in [0.15, 0.2) is 0 Å². The molecule has 0 fully saturated rings. The Labute approximate surface area is 142 Å². The minimum atomic E-state index is -1.49. The van der Waals surface area contributed by atoms with E-state index < -0.39 is 19.9 Å². The van der Waals surface area contributed by atoms with Crippen molar-refractivity contribution < 1.29 is 24.3 Å². The molecule has 0 saturated heterocycles. The Morgan fingerprint density at radius 1 is 1.17 bits per heavy atom. The minimum absolute atomic E-state index is 0.0986. The number of hydrogen-bond acceptors (Lipinski definition) is 6. The summed E-state index contributed by atoms with van der Waals surface area (Å²) in [6.07, 6.45) is -1.13. The zero-order valence-electron chi connectivity index (χ0n) is 12.6. The van der Waals surface area contributed by atoms with Gasteiger partial charge in [-0.1, -0.05) is 24.3 Å². The Kier molecular flexibility index (Phi) is 5.10. The molecular weight excluding hydrogens is 332 g/mol. The third-order valence-electron chi connectivity index (χ3n) is 3.44. The average molecular weight is 347 g/mol. The fraction of sp³-hybridized carbons (Fsp3) is 0.188. The summed E-state index contributed by atoms with van der Waals surface area (Å²) in [6.45, 7) is -0.940. The van der Waals surface area contributed by atoms with E-state index in [9.17, 15) is 9.50 Å². The molecule has 24 heavy (non-hydrogen) atoms. The lowest BCUT2D eigenvalue weighted by Crippen LogP contribution is -2.29. The van der Waals surface area contributed by atoms with Crippen LogP contribution >= 0.6 is 11.3 Å². The van der Waals surface area contributed by atoms with Crippen molar-refractivity contribution in [2.24, 2.45) is 0 Å². The van der Waals surface area contributed by atoms with Crippen molar-refractivity contribution in [2.45, 2.75) is 6.10 Å². The van der Waals surface area contributed by atoms with E-state index in [4.69, 9.17) is 14.8 Å². The first-order valence-corrected chi connectivity index (χ1v) is 8.12. The van der Waals surface area contributed by atoms with E-state index in [2.05, 4.69) is 4.98 Å². The molecule has 1 heterocycles. The maximum Gasteiger partial charge on any atom is 0.488 e. The van der Waals surface area contributed by atoms with Gasteiger partial charge < -0.3 is 19.9 Å². The van der Waals surface area contributed by atoms with Gasteiger partial charge in [0.05, 0.1) is 10.2 Å². The number of fused-ring (bicyclic) bond motifs is 1. The Morgan fingerprint density at radius 3 is 2.58 bits per heavy atom. The van der Waals surface area contributed by atoms with Crippen LogP contribution < -0.4 is 10.2 Å². The largest absolute Gasteiger partial charge is 0.491 e. The zero-order chi connectivity index (χ0) is 17.1. The molecule has 0 aliphatic heterocycles. The van der Waals surface area contributed by atoms with Crippen molar-refractivity contribution >= 4 is 34.1 Å². The van der Waals surface area contributed by atoms with Crippen LogP contribution in [0.2, 0.25) is 0 Å². The molecule has 1 aromatic heterocycles. The second-order valence-corrected chi connectivity index (χ2v) is 6.29. The number of halogens is 1. The molecule has 0 amide bonds.